The van der Waals surface area contributed by atoms with Gasteiger partial charge in [0.15, 0.2) is 0 Å². The molecule has 27 heavy (non-hydrogen) atoms. The van der Waals surface area contributed by atoms with Gasteiger partial charge in [0.1, 0.15) is 12.3 Å². The van der Waals surface area contributed by atoms with Crippen molar-refractivity contribution in [1.29, 1.82) is 0 Å². The van der Waals surface area contributed by atoms with E-state index in [4.69, 9.17) is 17.0 Å². The number of nitro groups is 1. The Morgan fingerprint density at radius 1 is 1.22 bits per heavy atom. The van der Waals surface area contributed by atoms with E-state index in [1.807, 2.05) is 30.3 Å². The van der Waals surface area contributed by atoms with Crippen molar-refractivity contribution in [1.82, 2.24) is 4.90 Å². The maximum atomic E-state index is 12.1. The van der Waals surface area contributed by atoms with E-state index in [1.54, 1.807) is 28.8 Å². The van der Waals surface area contributed by atoms with Crippen molar-refractivity contribution in [2.45, 2.75) is 18.4 Å². The smallest absolute Gasteiger partial charge is 0.269 e. The van der Waals surface area contributed by atoms with Crippen molar-refractivity contribution in [2.75, 3.05) is 0 Å². The van der Waals surface area contributed by atoms with Crippen LogP contribution in [0.4, 0.5) is 5.69 Å². The highest BCUT2D eigenvalue weighted by molar-refractivity contribution is 8.09. The van der Waals surface area contributed by atoms with Crippen LogP contribution in [0.2, 0.25) is 0 Å². The lowest BCUT2D eigenvalue weighted by atomic mass is 10.1. The monoisotopic (exact) mass is 398 g/mol. The highest BCUT2D eigenvalue weighted by Crippen LogP contribution is 2.50. The predicted octanol–water partition coefficient (Wildman–Crippen LogP) is 4.11. The number of carbonyl (C=O) groups excluding carboxylic acids is 1. The van der Waals surface area contributed by atoms with Gasteiger partial charge in [-0.25, -0.2) is 0 Å². The van der Waals surface area contributed by atoms with Crippen molar-refractivity contribution in [2.24, 2.45) is 0 Å². The molecule has 0 aliphatic carbocycles. The number of fused-ring (bicyclic) bond motifs is 1. The first-order chi connectivity index (χ1) is 13.0. The van der Waals surface area contributed by atoms with Crippen molar-refractivity contribution < 1.29 is 14.5 Å². The van der Waals surface area contributed by atoms with Gasteiger partial charge in [-0.05, 0) is 35.5 Å². The summed E-state index contributed by atoms with van der Waals surface area (Å²) in [4.78, 5) is 25.0. The molecule has 0 unspecified atom stereocenters. The molecule has 0 radical (unpaired) electrons. The molecule has 0 N–H and O–H groups in total. The van der Waals surface area contributed by atoms with Crippen LogP contribution in [0.5, 0.6) is 0 Å². The van der Waals surface area contributed by atoms with Crippen molar-refractivity contribution in [3.63, 3.8) is 0 Å². The normalized spacial score (nSPS) is 18.1. The molecular weight excluding hydrogens is 384 g/mol. The molecule has 136 valence electrons. The van der Waals surface area contributed by atoms with E-state index in [0.717, 1.165) is 16.0 Å². The number of benzene rings is 2. The molecule has 1 amide bonds. The average Bonchev–Trinajstić information content (AvgIpc) is 3.00. The number of thiocarbonyl (C=S) groups is 1. The average molecular weight is 398 g/mol. The van der Waals surface area contributed by atoms with Crippen LogP contribution in [-0.2, 0) is 16.1 Å². The maximum Gasteiger partial charge on any atom is 0.269 e. The van der Waals surface area contributed by atoms with Gasteiger partial charge < -0.3 is 4.74 Å². The molecule has 1 fully saturated rings. The van der Waals surface area contributed by atoms with Gasteiger partial charge in [-0.15, -0.1) is 0 Å². The highest BCUT2D eigenvalue weighted by atomic mass is 32.2. The topological polar surface area (TPSA) is 72.7 Å². The summed E-state index contributed by atoms with van der Waals surface area (Å²) in [6.45, 7) is 0.180. The van der Waals surface area contributed by atoms with Gasteiger partial charge in [0.25, 0.3) is 5.69 Å². The summed E-state index contributed by atoms with van der Waals surface area (Å²) >= 11 is 7.10. The third-order valence-corrected chi connectivity index (χ3v) is 5.99. The highest BCUT2D eigenvalue weighted by Gasteiger charge is 2.47. The Balaban J connectivity index is 1.55. The van der Waals surface area contributed by atoms with Crippen LogP contribution in [0.25, 0.3) is 4.91 Å². The number of thioether (sulfide) groups is 1. The lowest BCUT2D eigenvalue weighted by molar-refractivity contribution is -0.384. The van der Waals surface area contributed by atoms with Crippen LogP contribution in [0.15, 0.2) is 60.3 Å². The third kappa shape index (κ3) is 3.33. The van der Waals surface area contributed by atoms with Crippen LogP contribution in [0.3, 0.4) is 0 Å². The molecule has 1 atom stereocenters. The zero-order valence-electron chi connectivity index (χ0n) is 14.0. The third-order valence-electron chi connectivity index (χ3n) is 4.36. The minimum atomic E-state index is -0.447. The van der Waals surface area contributed by atoms with Gasteiger partial charge in [-0.3, -0.25) is 19.8 Å². The van der Waals surface area contributed by atoms with E-state index in [-0.39, 0.29) is 28.6 Å². The standard InChI is InChI=1S/C19H14N2O4S2/c22-15-10-16-20(15)17(18(27-16)13-4-2-1-3-5-13)19(26)25-11-12-6-8-14(9-7-12)21(23)24/h1-9,16H,10-11H2/t16-/m1/s1. The van der Waals surface area contributed by atoms with E-state index >= 15 is 0 Å². The SMILES string of the molecule is O=C1C[C@H]2SC(c3ccccc3)=C(C(=S)OCc3ccc([N+](=O)[O-])cc3)N12. The molecule has 0 aromatic heterocycles. The quantitative estimate of drug-likeness (QED) is 0.327. The maximum absolute atomic E-state index is 12.1. The number of rotatable bonds is 5. The first-order valence-corrected chi connectivity index (χ1v) is 9.52. The first-order valence-electron chi connectivity index (χ1n) is 8.23. The summed E-state index contributed by atoms with van der Waals surface area (Å²) in [5, 5.41) is 11.1. The second-order valence-electron chi connectivity index (χ2n) is 6.08. The first kappa shape index (κ1) is 17.7. The number of hydrogen-bond acceptors (Lipinski definition) is 6. The molecule has 4 rings (SSSR count). The second-order valence-corrected chi connectivity index (χ2v) is 7.64. The Bertz CT molecular complexity index is 957. The van der Waals surface area contributed by atoms with Gasteiger partial charge in [-0.1, -0.05) is 42.1 Å². The van der Waals surface area contributed by atoms with E-state index in [1.165, 1.54) is 12.1 Å². The molecule has 2 aromatic rings. The fourth-order valence-corrected chi connectivity index (χ4v) is 4.69. The van der Waals surface area contributed by atoms with Gasteiger partial charge in [0.05, 0.1) is 16.7 Å². The van der Waals surface area contributed by atoms with Crippen LogP contribution in [0.1, 0.15) is 17.5 Å². The number of nitrogens with zero attached hydrogens (tertiary/aromatic N) is 2. The van der Waals surface area contributed by atoms with Gasteiger partial charge in [0, 0.05) is 17.0 Å². The molecule has 8 heteroatoms. The Morgan fingerprint density at radius 2 is 1.93 bits per heavy atom. The summed E-state index contributed by atoms with van der Waals surface area (Å²) in [5.41, 5.74) is 2.43. The molecule has 0 spiro atoms. The van der Waals surface area contributed by atoms with Gasteiger partial charge in [0.2, 0.25) is 11.0 Å². The molecular formula is C19H14N2O4S2. The minimum absolute atomic E-state index is 0.0246. The number of carbonyl (C=O) groups is 1. The largest absolute Gasteiger partial charge is 0.477 e. The summed E-state index contributed by atoms with van der Waals surface area (Å²) in [6.07, 6.45) is 0.496. The Kier molecular flexibility index (Phi) is 4.67. The van der Waals surface area contributed by atoms with Crippen molar-refractivity contribution in [3.8, 4) is 0 Å². The molecule has 0 saturated carbocycles. The number of ether oxygens (including phenoxy) is 1. The number of β-lactam (4-membered cyclic amide) rings is 1. The number of hydrogen-bond donors (Lipinski definition) is 0. The molecule has 2 aromatic carbocycles. The van der Waals surface area contributed by atoms with E-state index in [9.17, 15) is 14.9 Å². The Morgan fingerprint density at radius 3 is 2.56 bits per heavy atom. The minimum Gasteiger partial charge on any atom is -0.477 e. The summed E-state index contributed by atoms with van der Waals surface area (Å²) in [6, 6.07) is 15.9. The zero-order valence-corrected chi connectivity index (χ0v) is 15.7. The number of non-ortho nitro benzene ring substituents is 1. The molecule has 6 nitrogen and oxygen atoms in total. The van der Waals surface area contributed by atoms with Crippen LogP contribution in [0, 0.1) is 10.1 Å². The second kappa shape index (κ2) is 7.13. The summed E-state index contributed by atoms with van der Waals surface area (Å²) in [7, 11) is 0. The van der Waals surface area contributed by atoms with Gasteiger partial charge in [-0.2, -0.15) is 0 Å². The molecule has 2 aliphatic rings. The zero-order chi connectivity index (χ0) is 19.0. The van der Waals surface area contributed by atoms with Crippen LogP contribution >= 0.6 is 24.0 Å². The Labute approximate surface area is 165 Å². The molecule has 2 aliphatic heterocycles. The summed E-state index contributed by atoms with van der Waals surface area (Å²) < 4.78 is 5.76. The van der Waals surface area contributed by atoms with E-state index < -0.39 is 4.92 Å². The number of amides is 1. The summed E-state index contributed by atoms with van der Waals surface area (Å²) in [5.74, 6) is 0.0368. The lowest BCUT2D eigenvalue weighted by Crippen LogP contribution is -2.48. The van der Waals surface area contributed by atoms with Gasteiger partial charge >= 0.3 is 0 Å². The van der Waals surface area contributed by atoms with E-state index in [0.29, 0.717) is 12.1 Å². The molecule has 1 saturated heterocycles. The Hall–Kier alpha value is -2.71. The molecule has 0 bridgehead atoms. The predicted molar refractivity (Wildman–Crippen MR) is 107 cm³/mol. The van der Waals surface area contributed by atoms with Crippen LogP contribution < -0.4 is 0 Å². The van der Waals surface area contributed by atoms with Crippen LogP contribution in [-0.4, -0.2) is 26.2 Å². The molecule has 2 heterocycles. The fraction of sp³-hybridized carbons (Fsp3) is 0.158. The number of nitro benzene ring substituents is 1. The van der Waals surface area contributed by atoms with Crippen molar-refractivity contribution in [3.05, 3.63) is 81.5 Å². The van der Waals surface area contributed by atoms with E-state index in [2.05, 4.69) is 0 Å². The van der Waals surface area contributed by atoms with Crippen molar-refractivity contribution >= 4 is 45.5 Å². The lowest BCUT2D eigenvalue weighted by Gasteiger charge is -2.35. The fourth-order valence-electron chi connectivity index (χ4n) is 2.97.